The van der Waals surface area contributed by atoms with Crippen molar-refractivity contribution in [2.75, 3.05) is 39.1 Å². The van der Waals surface area contributed by atoms with Gasteiger partial charge in [-0.3, -0.25) is 9.36 Å². The van der Waals surface area contributed by atoms with E-state index in [9.17, 15) is 4.79 Å². The van der Waals surface area contributed by atoms with Gasteiger partial charge in [-0.15, -0.1) is 0 Å². The molecule has 0 bridgehead atoms. The molecule has 0 aliphatic carbocycles. The van der Waals surface area contributed by atoms with Crippen molar-refractivity contribution in [1.82, 2.24) is 19.4 Å². The number of benzene rings is 1. The first kappa shape index (κ1) is 17.6. The minimum Gasteiger partial charge on any atom is -0.383 e. The molecule has 1 N–H and O–H groups in total. The summed E-state index contributed by atoms with van der Waals surface area (Å²) in [7, 11) is 1.65. The second kappa shape index (κ2) is 7.82. The third kappa shape index (κ3) is 3.39. The number of rotatable bonds is 7. The van der Waals surface area contributed by atoms with Gasteiger partial charge in [0.15, 0.2) is 5.16 Å². The summed E-state index contributed by atoms with van der Waals surface area (Å²) in [5.74, 6) is 0.938. The van der Waals surface area contributed by atoms with Gasteiger partial charge in [0, 0.05) is 30.3 Å². The number of likely N-dealkylation sites (tertiary alicyclic amines) is 1. The van der Waals surface area contributed by atoms with Crippen molar-refractivity contribution in [3.63, 3.8) is 0 Å². The number of hydrogen-bond donors (Lipinski definition) is 1. The highest BCUT2D eigenvalue weighted by atomic mass is 32.2. The van der Waals surface area contributed by atoms with E-state index < -0.39 is 0 Å². The second-order valence-electron chi connectivity index (χ2n) is 6.64. The van der Waals surface area contributed by atoms with Gasteiger partial charge >= 0.3 is 0 Å². The van der Waals surface area contributed by atoms with E-state index in [1.807, 2.05) is 24.3 Å². The summed E-state index contributed by atoms with van der Waals surface area (Å²) in [4.78, 5) is 23.6. The molecule has 0 amide bonds. The van der Waals surface area contributed by atoms with Crippen LogP contribution in [0.25, 0.3) is 21.9 Å². The van der Waals surface area contributed by atoms with Gasteiger partial charge in [0.25, 0.3) is 5.56 Å². The number of ether oxygens (including phenoxy) is 1. The average molecular weight is 372 g/mol. The summed E-state index contributed by atoms with van der Waals surface area (Å²) in [6, 6.07) is 7.94. The standard InChI is InChI=1S/C19H24N4O2S/c1-25-12-10-23-18(24)17-16(14-6-2-3-7-15(14)20-17)21-19(23)26-13-11-22-8-4-5-9-22/h2-3,6-7,20H,4-5,8-13H2,1H3. The fourth-order valence-corrected chi connectivity index (χ4v) is 4.56. The number of methoxy groups -OCH3 is 1. The minimum atomic E-state index is -0.0214. The molecule has 4 rings (SSSR count). The molecule has 1 aliphatic heterocycles. The van der Waals surface area contributed by atoms with Gasteiger partial charge in [-0.2, -0.15) is 0 Å². The molecule has 7 heteroatoms. The molecule has 0 spiro atoms. The first-order valence-electron chi connectivity index (χ1n) is 9.13. The third-order valence-corrected chi connectivity index (χ3v) is 5.89. The molecule has 0 radical (unpaired) electrons. The van der Waals surface area contributed by atoms with E-state index in [-0.39, 0.29) is 5.56 Å². The molecule has 3 aromatic rings. The van der Waals surface area contributed by atoms with Crippen molar-refractivity contribution < 1.29 is 4.74 Å². The van der Waals surface area contributed by atoms with E-state index in [2.05, 4.69) is 9.88 Å². The molecule has 1 saturated heterocycles. The molecule has 3 heterocycles. The summed E-state index contributed by atoms with van der Waals surface area (Å²) in [6.07, 6.45) is 2.59. The maximum Gasteiger partial charge on any atom is 0.278 e. The predicted octanol–water partition coefficient (Wildman–Crippen LogP) is 2.71. The van der Waals surface area contributed by atoms with E-state index in [1.54, 1.807) is 23.4 Å². The smallest absolute Gasteiger partial charge is 0.278 e. The second-order valence-corrected chi connectivity index (χ2v) is 7.70. The quantitative estimate of drug-likeness (QED) is 0.510. The van der Waals surface area contributed by atoms with Gasteiger partial charge in [-0.25, -0.2) is 4.98 Å². The van der Waals surface area contributed by atoms with Crippen molar-refractivity contribution in [2.24, 2.45) is 0 Å². The molecule has 1 aromatic carbocycles. The number of fused-ring (bicyclic) bond motifs is 3. The molecule has 0 unspecified atom stereocenters. The van der Waals surface area contributed by atoms with Gasteiger partial charge < -0.3 is 14.6 Å². The van der Waals surface area contributed by atoms with Crippen molar-refractivity contribution >= 4 is 33.7 Å². The maximum absolute atomic E-state index is 13.1. The highest BCUT2D eigenvalue weighted by Crippen LogP contribution is 2.24. The number of thioether (sulfide) groups is 1. The highest BCUT2D eigenvalue weighted by Gasteiger charge is 2.17. The first-order valence-corrected chi connectivity index (χ1v) is 10.1. The molecule has 2 aromatic heterocycles. The van der Waals surface area contributed by atoms with Crippen LogP contribution in [0.15, 0.2) is 34.2 Å². The Morgan fingerprint density at radius 2 is 2.04 bits per heavy atom. The summed E-state index contributed by atoms with van der Waals surface area (Å²) in [6.45, 7) is 4.42. The zero-order valence-corrected chi connectivity index (χ0v) is 15.8. The first-order chi connectivity index (χ1) is 12.8. The lowest BCUT2D eigenvalue weighted by Crippen LogP contribution is -2.26. The monoisotopic (exact) mass is 372 g/mol. The fraction of sp³-hybridized carbons (Fsp3) is 0.474. The van der Waals surface area contributed by atoms with E-state index in [0.717, 1.165) is 33.9 Å². The Kier molecular flexibility index (Phi) is 5.28. The van der Waals surface area contributed by atoms with Crippen LogP contribution in [0.1, 0.15) is 12.8 Å². The van der Waals surface area contributed by atoms with Crippen LogP contribution < -0.4 is 5.56 Å². The lowest BCUT2D eigenvalue weighted by molar-refractivity contribution is 0.183. The van der Waals surface area contributed by atoms with Crippen LogP contribution in [0.2, 0.25) is 0 Å². The highest BCUT2D eigenvalue weighted by molar-refractivity contribution is 7.99. The van der Waals surface area contributed by atoms with Crippen LogP contribution in [0.4, 0.5) is 0 Å². The summed E-state index contributed by atoms with van der Waals surface area (Å²) in [5, 5.41) is 1.78. The van der Waals surface area contributed by atoms with Crippen LogP contribution >= 0.6 is 11.8 Å². The van der Waals surface area contributed by atoms with Gasteiger partial charge in [-0.05, 0) is 32.0 Å². The summed E-state index contributed by atoms with van der Waals surface area (Å²) >= 11 is 1.67. The number of aromatic amines is 1. The van der Waals surface area contributed by atoms with Crippen molar-refractivity contribution in [2.45, 2.75) is 24.5 Å². The van der Waals surface area contributed by atoms with Crippen LogP contribution in [0, 0.1) is 0 Å². The predicted molar refractivity (Wildman–Crippen MR) is 106 cm³/mol. The number of aromatic nitrogens is 3. The SMILES string of the molecule is COCCn1c(SCCN2CCCC2)nc2c([nH]c3ccccc32)c1=O. The van der Waals surface area contributed by atoms with Crippen LogP contribution in [0.5, 0.6) is 0 Å². The summed E-state index contributed by atoms with van der Waals surface area (Å²) < 4.78 is 6.94. The number of nitrogens with one attached hydrogen (secondary N) is 1. The molecule has 1 fully saturated rings. The lowest BCUT2D eigenvalue weighted by Gasteiger charge is -2.15. The van der Waals surface area contributed by atoms with Crippen molar-refractivity contribution in [3.05, 3.63) is 34.6 Å². The Labute approximate surface area is 156 Å². The number of nitrogens with zero attached hydrogens (tertiary/aromatic N) is 3. The van der Waals surface area contributed by atoms with Gasteiger partial charge in [-0.1, -0.05) is 30.0 Å². The largest absolute Gasteiger partial charge is 0.383 e. The molecule has 0 saturated carbocycles. The van der Waals surface area contributed by atoms with Gasteiger partial charge in [0.05, 0.1) is 13.2 Å². The molecular formula is C19H24N4O2S. The Morgan fingerprint density at radius 1 is 1.23 bits per heavy atom. The molecule has 1 aliphatic rings. The Hall–Kier alpha value is -1.83. The van der Waals surface area contributed by atoms with Gasteiger partial charge in [0.2, 0.25) is 0 Å². The summed E-state index contributed by atoms with van der Waals surface area (Å²) in [5.41, 5.74) is 2.27. The fourth-order valence-electron chi connectivity index (χ4n) is 3.54. The Bertz CT molecular complexity index is 959. The number of para-hydroxylation sites is 1. The minimum absolute atomic E-state index is 0.0214. The van der Waals surface area contributed by atoms with E-state index >= 15 is 0 Å². The molecule has 138 valence electrons. The van der Waals surface area contributed by atoms with Gasteiger partial charge in [0.1, 0.15) is 11.0 Å². The number of hydrogen-bond acceptors (Lipinski definition) is 5. The third-order valence-electron chi connectivity index (χ3n) is 4.93. The molecular weight excluding hydrogens is 348 g/mol. The van der Waals surface area contributed by atoms with E-state index in [4.69, 9.17) is 9.72 Å². The zero-order chi connectivity index (χ0) is 17.9. The Morgan fingerprint density at radius 3 is 2.85 bits per heavy atom. The normalized spacial score (nSPS) is 15.4. The van der Waals surface area contributed by atoms with Crippen LogP contribution in [0.3, 0.4) is 0 Å². The molecule has 6 nitrogen and oxygen atoms in total. The number of H-pyrrole nitrogens is 1. The van der Waals surface area contributed by atoms with E-state index in [1.165, 1.54) is 25.9 Å². The lowest BCUT2D eigenvalue weighted by atomic mass is 10.2. The topological polar surface area (TPSA) is 63.1 Å². The van der Waals surface area contributed by atoms with Crippen LogP contribution in [-0.2, 0) is 11.3 Å². The zero-order valence-electron chi connectivity index (χ0n) is 15.0. The van der Waals surface area contributed by atoms with Crippen molar-refractivity contribution in [1.29, 1.82) is 0 Å². The van der Waals surface area contributed by atoms with Crippen molar-refractivity contribution in [3.8, 4) is 0 Å². The average Bonchev–Trinajstić information content (AvgIpc) is 3.29. The maximum atomic E-state index is 13.1. The molecule has 26 heavy (non-hydrogen) atoms. The Balaban J connectivity index is 1.70. The van der Waals surface area contributed by atoms with Crippen LogP contribution in [-0.4, -0.2) is 58.5 Å². The van der Waals surface area contributed by atoms with E-state index in [0.29, 0.717) is 18.7 Å². The molecule has 0 atom stereocenters.